The molecule has 19 heavy (non-hydrogen) atoms. The molecule has 1 aliphatic carbocycles. The first kappa shape index (κ1) is 16.2. The monoisotopic (exact) mass is 289 g/mol. The average Bonchev–Trinajstić information content (AvgIpc) is 3.04. The molecule has 1 aliphatic heterocycles. The fraction of sp³-hybridized carbons (Fsp3) is 0.846. The highest BCUT2D eigenvalue weighted by molar-refractivity contribution is 5.86. The van der Waals surface area contributed by atoms with Crippen molar-refractivity contribution in [2.75, 3.05) is 26.2 Å². The number of amides is 2. The smallest absolute Gasteiger partial charge is 0.241 e. The van der Waals surface area contributed by atoms with E-state index in [-0.39, 0.29) is 36.7 Å². The molecule has 0 bridgehead atoms. The summed E-state index contributed by atoms with van der Waals surface area (Å²) in [5.41, 5.74) is 5.66. The van der Waals surface area contributed by atoms with Crippen LogP contribution in [-0.4, -0.2) is 42.9 Å². The average molecular weight is 290 g/mol. The van der Waals surface area contributed by atoms with Crippen LogP contribution in [0.5, 0.6) is 0 Å². The van der Waals surface area contributed by atoms with Crippen molar-refractivity contribution < 1.29 is 9.59 Å². The maximum Gasteiger partial charge on any atom is 0.241 e. The predicted molar refractivity (Wildman–Crippen MR) is 76.0 cm³/mol. The van der Waals surface area contributed by atoms with Crippen LogP contribution in [0.2, 0.25) is 0 Å². The number of likely N-dealkylation sites (tertiary alicyclic amines) is 1. The Morgan fingerprint density at radius 1 is 1.16 bits per heavy atom. The Morgan fingerprint density at radius 2 is 1.84 bits per heavy atom. The van der Waals surface area contributed by atoms with E-state index in [0.29, 0.717) is 12.5 Å². The predicted octanol–water partition coefficient (Wildman–Crippen LogP) is 0.522. The van der Waals surface area contributed by atoms with Crippen molar-refractivity contribution in [1.82, 2.24) is 10.2 Å². The summed E-state index contributed by atoms with van der Waals surface area (Å²) >= 11 is 0. The van der Waals surface area contributed by atoms with Gasteiger partial charge in [-0.2, -0.15) is 0 Å². The highest BCUT2D eigenvalue weighted by atomic mass is 35.5. The van der Waals surface area contributed by atoms with Crippen molar-refractivity contribution in [3.8, 4) is 0 Å². The Labute approximate surface area is 120 Å². The zero-order valence-electron chi connectivity index (χ0n) is 11.3. The fourth-order valence-electron chi connectivity index (χ4n) is 3.04. The molecule has 2 fully saturated rings. The molecule has 2 atom stereocenters. The number of nitrogens with zero attached hydrogens (tertiary/aromatic N) is 1. The third kappa shape index (κ3) is 4.08. The third-order valence-corrected chi connectivity index (χ3v) is 4.17. The highest BCUT2D eigenvalue weighted by Crippen LogP contribution is 2.30. The molecule has 0 unspecified atom stereocenters. The highest BCUT2D eigenvalue weighted by Gasteiger charge is 2.32. The summed E-state index contributed by atoms with van der Waals surface area (Å²) in [5.74, 6) is 0.368. The lowest BCUT2D eigenvalue weighted by Crippen LogP contribution is -2.42. The van der Waals surface area contributed by atoms with Gasteiger partial charge in [0.15, 0.2) is 0 Å². The summed E-state index contributed by atoms with van der Waals surface area (Å²) < 4.78 is 0. The van der Waals surface area contributed by atoms with Crippen molar-refractivity contribution in [2.45, 2.75) is 32.1 Å². The Bertz CT molecular complexity index is 319. The minimum Gasteiger partial charge on any atom is -0.347 e. The third-order valence-electron chi connectivity index (χ3n) is 4.17. The molecule has 5 nitrogen and oxygen atoms in total. The van der Waals surface area contributed by atoms with Gasteiger partial charge in [-0.1, -0.05) is 6.42 Å². The van der Waals surface area contributed by atoms with E-state index in [1.807, 2.05) is 4.90 Å². The molecule has 110 valence electrons. The molecule has 2 rings (SSSR count). The summed E-state index contributed by atoms with van der Waals surface area (Å²) in [7, 11) is 0. The van der Waals surface area contributed by atoms with Crippen LogP contribution in [0.3, 0.4) is 0 Å². The molecular formula is C13H24ClN3O2. The minimum absolute atomic E-state index is 0. The van der Waals surface area contributed by atoms with Crippen molar-refractivity contribution in [2.24, 2.45) is 17.6 Å². The van der Waals surface area contributed by atoms with E-state index < -0.39 is 0 Å². The second-order valence-electron chi connectivity index (χ2n) is 5.34. The zero-order chi connectivity index (χ0) is 13.0. The molecular weight excluding hydrogens is 266 g/mol. The fourth-order valence-corrected chi connectivity index (χ4v) is 3.04. The molecule has 1 saturated heterocycles. The van der Waals surface area contributed by atoms with Crippen LogP contribution in [0.4, 0.5) is 0 Å². The van der Waals surface area contributed by atoms with Crippen LogP contribution in [-0.2, 0) is 9.59 Å². The molecule has 1 heterocycles. The van der Waals surface area contributed by atoms with Crippen LogP contribution >= 0.6 is 12.4 Å². The molecule has 1 saturated carbocycles. The van der Waals surface area contributed by atoms with Gasteiger partial charge in [-0.15, -0.1) is 12.4 Å². The van der Waals surface area contributed by atoms with E-state index in [0.717, 1.165) is 45.2 Å². The summed E-state index contributed by atoms with van der Waals surface area (Å²) in [6.07, 6.45) is 5.18. The topological polar surface area (TPSA) is 75.4 Å². The van der Waals surface area contributed by atoms with Gasteiger partial charge in [0.05, 0.1) is 6.54 Å². The first-order chi connectivity index (χ1) is 8.72. The summed E-state index contributed by atoms with van der Waals surface area (Å²) in [5, 5.41) is 2.78. The van der Waals surface area contributed by atoms with Crippen molar-refractivity contribution >= 4 is 24.2 Å². The van der Waals surface area contributed by atoms with Gasteiger partial charge in [0, 0.05) is 19.0 Å². The summed E-state index contributed by atoms with van der Waals surface area (Å²) in [6, 6.07) is 0. The molecule has 3 N–H and O–H groups in total. The number of nitrogens with two attached hydrogens (primary N) is 1. The van der Waals surface area contributed by atoms with E-state index in [1.54, 1.807) is 0 Å². The van der Waals surface area contributed by atoms with Crippen molar-refractivity contribution in [3.63, 3.8) is 0 Å². The lowest BCUT2D eigenvalue weighted by Gasteiger charge is -2.19. The summed E-state index contributed by atoms with van der Waals surface area (Å²) in [6.45, 7) is 2.39. The lowest BCUT2D eigenvalue weighted by molar-refractivity contribution is -0.133. The molecule has 6 heteroatoms. The molecule has 0 aromatic carbocycles. The number of rotatable bonds is 4. The minimum atomic E-state index is 0. The van der Waals surface area contributed by atoms with Gasteiger partial charge in [0.1, 0.15) is 0 Å². The van der Waals surface area contributed by atoms with E-state index >= 15 is 0 Å². The van der Waals surface area contributed by atoms with Crippen molar-refractivity contribution in [3.05, 3.63) is 0 Å². The van der Waals surface area contributed by atoms with Gasteiger partial charge in [-0.05, 0) is 38.1 Å². The van der Waals surface area contributed by atoms with Gasteiger partial charge < -0.3 is 16.0 Å². The number of halogens is 1. The van der Waals surface area contributed by atoms with Crippen LogP contribution in [0, 0.1) is 11.8 Å². The van der Waals surface area contributed by atoms with Gasteiger partial charge in [-0.3, -0.25) is 9.59 Å². The zero-order valence-corrected chi connectivity index (χ0v) is 12.1. The van der Waals surface area contributed by atoms with Crippen molar-refractivity contribution in [1.29, 1.82) is 0 Å². The lowest BCUT2D eigenvalue weighted by atomic mass is 9.95. The Balaban J connectivity index is 0.00000180. The quantitative estimate of drug-likeness (QED) is 0.792. The molecule has 0 radical (unpaired) electrons. The van der Waals surface area contributed by atoms with Crippen LogP contribution < -0.4 is 11.1 Å². The second kappa shape index (κ2) is 7.70. The SMILES string of the molecule is Cl.NC[C@H]1CCC[C@H]1C(=O)NCC(=O)N1CCCC1. The first-order valence-electron chi connectivity index (χ1n) is 6.98. The van der Waals surface area contributed by atoms with E-state index in [1.165, 1.54) is 0 Å². The molecule has 0 spiro atoms. The molecule has 0 aromatic heterocycles. The van der Waals surface area contributed by atoms with Gasteiger partial charge in [0.25, 0.3) is 0 Å². The number of carbonyl (C=O) groups excluding carboxylic acids is 2. The maximum absolute atomic E-state index is 12.0. The summed E-state index contributed by atoms with van der Waals surface area (Å²) in [4.78, 5) is 25.6. The van der Waals surface area contributed by atoms with Gasteiger partial charge >= 0.3 is 0 Å². The van der Waals surface area contributed by atoms with E-state index in [4.69, 9.17) is 5.73 Å². The van der Waals surface area contributed by atoms with E-state index in [2.05, 4.69) is 5.32 Å². The Kier molecular flexibility index (Phi) is 6.58. The molecule has 0 aromatic rings. The first-order valence-corrected chi connectivity index (χ1v) is 6.98. The molecule has 2 aliphatic rings. The van der Waals surface area contributed by atoms with Gasteiger partial charge in [-0.25, -0.2) is 0 Å². The number of nitrogens with one attached hydrogen (secondary N) is 1. The van der Waals surface area contributed by atoms with E-state index in [9.17, 15) is 9.59 Å². The van der Waals surface area contributed by atoms with Crippen LogP contribution in [0.25, 0.3) is 0 Å². The van der Waals surface area contributed by atoms with Gasteiger partial charge in [0.2, 0.25) is 11.8 Å². The second-order valence-corrected chi connectivity index (χ2v) is 5.34. The van der Waals surface area contributed by atoms with Crippen LogP contribution in [0.1, 0.15) is 32.1 Å². The largest absolute Gasteiger partial charge is 0.347 e. The molecule has 2 amide bonds. The maximum atomic E-state index is 12.0. The number of hydrogen-bond acceptors (Lipinski definition) is 3. The Morgan fingerprint density at radius 3 is 2.47 bits per heavy atom. The normalized spacial score (nSPS) is 26.1. The standard InChI is InChI=1S/C13H23N3O2.ClH/c14-8-10-4-3-5-11(10)13(18)15-9-12(17)16-6-1-2-7-16;/h10-11H,1-9,14H2,(H,15,18);1H/t10-,11-;/m1./s1. The van der Waals surface area contributed by atoms with Crippen LogP contribution in [0.15, 0.2) is 0 Å². The number of hydrogen-bond donors (Lipinski definition) is 2. The number of carbonyl (C=O) groups is 2. The Hall–Kier alpha value is -0.810.